The lowest BCUT2D eigenvalue weighted by molar-refractivity contribution is -0.159. The van der Waals surface area contributed by atoms with Crippen LogP contribution in [0.15, 0.2) is 42.7 Å². The minimum absolute atomic E-state index is 0.123. The van der Waals surface area contributed by atoms with Gasteiger partial charge in [0.2, 0.25) is 0 Å². The molecule has 1 aromatic carbocycles. The predicted molar refractivity (Wildman–Crippen MR) is 108 cm³/mol. The Bertz CT molecular complexity index is 845. The summed E-state index contributed by atoms with van der Waals surface area (Å²) in [4.78, 5) is 22.2. The van der Waals surface area contributed by atoms with Crippen molar-refractivity contribution in [1.29, 1.82) is 5.26 Å². The number of pyridine rings is 1. The molecule has 4 N–H and O–H groups in total. The molecule has 0 fully saturated rings. The quantitative estimate of drug-likeness (QED) is 0.343. The topological polar surface area (TPSA) is 153 Å². The number of nitriles is 1. The van der Waals surface area contributed by atoms with E-state index < -0.39 is 11.9 Å². The number of aliphatic carboxylic acids is 2. The van der Waals surface area contributed by atoms with Crippen LogP contribution in [-0.4, -0.2) is 51.9 Å². The molecule has 0 radical (unpaired) electrons. The molecule has 160 valence electrons. The third-order valence-electron chi connectivity index (χ3n) is 3.70. The third kappa shape index (κ3) is 9.34. The molecule has 0 aliphatic rings. The molecule has 1 aromatic heterocycles. The number of aliphatic hydroxyl groups is 1. The second-order valence-corrected chi connectivity index (χ2v) is 6.30. The Labute approximate surface area is 178 Å². The Morgan fingerprint density at radius 1 is 1.17 bits per heavy atom. The Hall–Kier alpha value is -3.19. The summed E-state index contributed by atoms with van der Waals surface area (Å²) in [5.41, 5.74) is 1.45. The average molecular weight is 436 g/mol. The standard InChI is InChI=1S/C18H20ClN3O2.C2H2O4/c19-16-4-3-15(13-20)18(12-16)24-17(2-1-7-21-10-11-23)14-5-8-22-9-6-14;3-1(4)2(5)6/h3-6,8-9,12,17,21,23H,1-2,7,10-11H2;(H,3,4)(H,5,6). The van der Waals surface area contributed by atoms with Crippen LogP contribution < -0.4 is 10.1 Å². The molecule has 10 heteroatoms. The van der Waals surface area contributed by atoms with Gasteiger partial charge in [0.25, 0.3) is 0 Å². The van der Waals surface area contributed by atoms with E-state index in [4.69, 9.17) is 41.2 Å². The van der Waals surface area contributed by atoms with Gasteiger partial charge in [0, 0.05) is 30.0 Å². The van der Waals surface area contributed by atoms with Crippen LogP contribution in [0.2, 0.25) is 5.02 Å². The fourth-order valence-corrected chi connectivity index (χ4v) is 2.49. The van der Waals surface area contributed by atoms with Crippen LogP contribution in [0, 0.1) is 11.3 Å². The fraction of sp³-hybridized carbons (Fsp3) is 0.300. The monoisotopic (exact) mass is 435 g/mol. The molecule has 0 saturated carbocycles. The number of carbonyl (C=O) groups is 2. The van der Waals surface area contributed by atoms with Crippen molar-refractivity contribution in [3.05, 3.63) is 58.9 Å². The molecule has 0 spiro atoms. The highest BCUT2D eigenvalue weighted by atomic mass is 35.5. The lowest BCUT2D eigenvalue weighted by atomic mass is 10.1. The summed E-state index contributed by atoms with van der Waals surface area (Å²) in [6.07, 6.45) is 4.88. The Kier molecular flexibility index (Phi) is 11.5. The predicted octanol–water partition coefficient (Wildman–Crippen LogP) is 2.24. The molecule has 1 heterocycles. The van der Waals surface area contributed by atoms with E-state index >= 15 is 0 Å². The SMILES string of the molecule is N#Cc1ccc(Cl)cc1OC(CCCNCCO)c1ccncc1.O=C(O)C(=O)O. The summed E-state index contributed by atoms with van der Waals surface area (Å²) >= 11 is 6.03. The van der Waals surface area contributed by atoms with Crippen LogP contribution in [-0.2, 0) is 9.59 Å². The van der Waals surface area contributed by atoms with E-state index in [0.29, 0.717) is 22.9 Å². The summed E-state index contributed by atoms with van der Waals surface area (Å²) in [5.74, 6) is -3.17. The van der Waals surface area contributed by atoms with Gasteiger partial charge in [-0.05, 0) is 49.2 Å². The second-order valence-electron chi connectivity index (χ2n) is 5.87. The van der Waals surface area contributed by atoms with Gasteiger partial charge < -0.3 is 25.4 Å². The van der Waals surface area contributed by atoms with Crippen molar-refractivity contribution < 1.29 is 29.6 Å². The minimum atomic E-state index is -1.82. The molecular weight excluding hydrogens is 414 g/mol. The number of aromatic nitrogens is 1. The van der Waals surface area contributed by atoms with Gasteiger partial charge in [-0.2, -0.15) is 5.26 Å². The number of carboxylic acid groups (broad SMARTS) is 2. The number of aliphatic hydroxyl groups excluding tert-OH is 1. The first-order valence-corrected chi connectivity index (χ1v) is 9.30. The maximum absolute atomic E-state index is 9.25. The number of nitrogens with zero attached hydrogens (tertiary/aromatic N) is 2. The van der Waals surface area contributed by atoms with Crippen molar-refractivity contribution >= 4 is 23.5 Å². The molecular formula is C20H22ClN3O6. The summed E-state index contributed by atoms with van der Waals surface area (Å²) < 4.78 is 6.10. The van der Waals surface area contributed by atoms with E-state index in [9.17, 15) is 5.26 Å². The normalized spacial score (nSPS) is 10.8. The molecule has 0 aliphatic carbocycles. The molecule has 0 saturated heterocycles. The molecule has 0 aliphatic heterocycles. The van der Waals surface area contributed by atoms with Crippen molar-refractivity contribution in [2.75, 3.05) is 19.7 Å². The summed E-state index contributed by atoms with van der Waals surface area (Å²) in [6, 6.07) is 10.9. The molecule has 1 atom stereocenters. The second kappa shape index (κ2) is 13.9. The number of benzene rings is 1. The largest absolute Gasteiger partial charge is 0.484 e. The van der Waals surface area contributed by atoms with Crippen LogP contribution in [0.1, 0.15) is 30.1 Å². The molecule has 1 unspecified atom stereocenters. The molecule has 2 rings (SSSR count). The van der Waals surface area contributed by atoms with Gasteiger partial charge in [-0.15, -0.1) is 0 Å². The van der Waals surface area contributed by atoms with Crippen molar-refractivity contribution in [2.45, 2.75) is 18.9 Å². The van der Waals surface area contributed by atoms with Crippen molar-refractivity contribution in [3.8, 4) is 11.8 Å². The smallest absolute Gasteiger partial charge is 0.414 e. The number of carboxylic acids is 2. The van der Waals surface area contributed by atoms with E-state index in [0.717, 1.165) is 24.9 Å². The van der Waals surface area contributed by atoms with Gasteiger partial charge in [0.15, 0.2) is 0 Å². The van der Waals surface area contributed by atoms with Gasteiger partial charge in [0.05, 0.1) is 12.2 Å². The first kappa shape index (κ1) is 24.8. The van der Waals surface area contributed by atoms with Crippen molar-refractivity contribution in [3.63, 3.8) is 0 Å². The number of ether oxygens (including phenoxy) is 1. The van der Waals surface area contributed by atoms with E-state index in [1.54, 1.807) is 30.6 Å². The highest BCUT2D eigenvalue weighted by molar-refractivity contribution is 6.30. The summed E-state index contributed by atoms with van der Waals surface area (Å²) in [6.45, 7) is 1.48. The van der Waals surface area contributed by atoms with Gasteiger partial charge >= 0.3 is 11.9 Å². The maximum Gasteiger partial charge on any atom is 0.414 e. The molecule has 30 heavy (non-hydrogen) atoms. The number of hydrogen-bond acceptors (Lipinski definition) is 7. The zero-order valence-corrected chi connectivity index (χ0v) is 16.7. The van der Waals surface area contributed by atoms with E-state index in [1.165, 1.54) is 0 Å². The lowest BCUT2D eigenvalue weighted by Crippen LogP contribution is -2.20. The van der Waals surface area contributed by atoms with Gasteiger partial charge in [-0.3, -0.25) is 4.98 Å². The molecule has 2 aromatic rings. The van der Waals surface area contributed by atoms with Crippen LogP contribution in [0.4, 0.5) is 0 Å². The average Bonchev–Trinajstić information content (AvgIpc) is 2.74. The zero-order valence-electron chi connectivity index (χ0n) is 16.0. The first-order valence-electron chi connectivity index (χ1n) is 8.93. The van der Waals surface area contributed by atoms with Crippen molar-refractivity contribution in [2.24, 2.45) is 0 Å². The highest BCUT2D eigenvalue weighted by Gasteiger charge is 2.16. The molecule has 0 bridgehead atoms. The van der Waals surface area contributed by atoms with Crippen LogP contribution in [0.5, 0.6) is 5.75 Å². The van der Waals surface area contributed by atoms with Gasteiger partial charge in [-0.1, -0.05) is 11.6 Å². The Balaban J connectivity index is 0.000000656. The Morgan fingerprint density at radius 2 is 1.83 bits per heavy atom. The number of rotatable bonds is 9. The Morgan fingerprint density at radius 3 is 2.40 bits per heavy atom. The molecule has 9 nitrogen and oxygen atoms in total. The van der Waals surface area contributed by atoms with Crippen molar-refractivity contribution in [1.82, 2.24) is 10.3 Å². The minimum Gasteiger partial charge on any atom is -0.484 e. The summed E-state index contributed by atoms with van der Waals surface area (Å²) in [5, 5.41) is 36.5. The third-order valence-corrected chi connectivity index (χ3v) is 3.94. The lowest BCUT2D eigenvalue weighted by Gasteiger charge is -2.20. The first-order chi connectivity index (χ1) is 14.4. The number of hydrogen-bond donors (Lipinski definition) is 4. The fourth-order valence-electron chi connectivity index (χ4n) is 2.33. The van der Waals surface area contributed by atoms with Gasteiger partial charge in [-0.25, -0.2) is 9.59 Å². The van der Waals surface area contributed by atoms with Gasteiger partial charge in [0.1, 0.15) is 17.9 Å². The van der Waals surface area contributed by atoms with Crippen LogP contribution >= 0.6 is 11.6 Å². The number of nitrogens with one attached hydrogen (secondary N) is 1. The number of halogens is 1. The zero-order chi connectivity index (χ0) is 22.4. The maximum atomic E-state index is 9.25. The molecule has 0 amide bonds. The van der Waals surface area contributed by atoms with Crippen LogP contribution in [0.3, 0.4) is 0 Å². The van der Waals surface area contributed by atoms with E-state index in [1.807, 2.05) is 12.1 Å². The highest BCUT2D eigenvalue weighted by Crippen LogP contribution is 2.30. The summed E-state index contributed by atoms with van der Waals surface area (Å²) in [7, 11) is 0. The van der Waals surface area contributed by atoms with E-state index in [2.05, 4.69) is 16.4 Å². The van der Waals surface area contributed by atoms with Crippen LogP contribution in [0.25, 0.3) is 0 Å². The van der Waals surface area contributed by atoms with E-state index in [-0.39, 0.29) is 12.7 Å².